The summed E-state index contributed by atoms with van der Waals surface area (Å²) in [4.78, 5) is 40.9. The van der Waals surface area contributed by atoms with Crippen molar-refractivity contribution in [2.75, 3.05) is 26.4 Å². The van der Waals surface area contributed by atoms with Gasteiger partial charge in [-0.25, -0.2) is 14.8 Å². The van der Waals surface area contributed by atoms with E-state index >= 15 is 0 Å². The second kappa shape index (κ2) is 12.7. The number of thioether (sulfide) groups is 1. The standard InChI is InChI=1S/C30H42BrN7O5S/c1-17(2)23(35-28(40)43-29(3,4)5)26(39)37-10-7-8-18(14-37)9-11-38-27(36-24-25(32)33-15-34-30(24,38)6)44-22-13-21-20(12-19(22)31)41-16-42-21/h12-13,15,17-18,23H,7-11,14,16,32H2,1-6H3,(H,33,34)(H,35,40)/t18?,23-,30?/m0/s1. The molecule has 0 radical (unpaired) electrons. The van der Waals surface area contributed by atoms with Crippen LogP contribution < -0.4 is 25.8 Å². The van der Waals surface area contributed by atoms with Gasteiger partial charge in [0.15, 0.2) is 22.3 Å². The third-order valence-electron chi connectivity index (χ3n) is 8.03. The number of ether oxygens (including phenoxy) is 3. The van der Waals surface area contributed by atoms with Crippen LogP contribution in [0.4, 0.5) is 4.79 Å². The van der Waals surface area contributed by atoms with Gasteiger partial charge in [-0.15, -0.1) is 0 Å². The molecule has 0 spiro atoms. The Morgan fingerprint density at radius 1 is 1.30 bits per heavy atom. The molecule has 3 atom stereocenters. The highest BCUT2D eigenvalue weighted by atomic mass is 79.9. The van der Waals surface area contributed by atoms with Crippen LogP contribution >= 0.6 is 27.7 Å². The molecule has 4 heterocycles. The van der Waals surface area contributed by atoms with Gasteiger partial charge >= 0.3 is 6.09 Å². The first kappa shape index (κ1) is 32.3. The summed E-state index contributed by atoms with van der Waals surface area (Å²) in [7, 11) is 0. The first-order valence-electron chi connectivity index (χ1n) is 15.0. The number of carbonyl (C=O) groups excluding carboxylic acids is 2. The number of benzene rings is 1. The number of nitrogens with zero attached hydrogens (tertiary/aromatic N) is 4. The van der Waals surface area contributed by atoms with Crippen LogP contribution in [0.25, 0.3) is 0 Å². The maximum absolute atomic E-state index is 13.6. The van der Waals surface area contributed by atoms with Gasteiger partial charge in [-0.05, 0) is 86.9 Å². The van der Waals surface area contributed by atoms with Crippen molar-refractivity contribution in [1.82, 2.24) is 20.4 Å². The van der Waals surface area contributed by atoms with Crippen molar-refractivity contribution in [2.24, 2.45) is 27.6 Å². The Bertz CT molecular complexity index is 1390. The number of nitrogens with two attached hydrogens (primary N) is 1. The predicted molar refractivity (Wildman–Crippen MR) is 173 cm³/mol. The summed E-state index contributed by atoms with van der Waals surface area (Å²) in [5.41, 5.74) is 5.61. The van der Waals surface area contributed by atoms with Crippen LogP contribution in [0.1, 0.15) is 60.8 Å². The van der Waals surface area contributed by atoms with Crippen molar-refractivity contribution in [3.05, 3.63) is 28.1 Å². The molecule has 1 fully saturated rings. The summed E-state index contributed by atoms with van der Waals surface area (Å²) >= 11 is 5.18. The minimum Gasteiger partial charge on any atom is -0.454 e. The summed E-state index contributed by atoms with van der Waals surface area (Å²) in [6.45, 7) is 13.4. The van der Waals surface area contributed by atoms with Crippen molar-refractivity contribution in [3.63, 3.8) is 0 Å². The van der Waals surface area contributed by atoms with Crippen molar-refractivity contribution in [2.45, 2.75) is 83.0 Å². The van der Waals surface area contributed by atoms with Gasteiger partial charge in [-0.3, -0.25) is 4.79 Å². The summed E-state index contributed by atoms with van der Waals surface area (Å²) in [5.74, 6) is 1.97. The molecule has 0 saturated carbocycles. The van der Waals surface area contributed by atoms with Crippen LogP contribution in [0.3, 0.4) is 0 Å². The highest BCUT2D eigenvalue weighted by molar-refractivity contribution is 9.10. The zero-order valence-electron chi connectivity index (χ0n) is 26.1. The largest absolute Gasteiger partial charge is 0.454 e. The molecule has 4 aliphatic heterocycles. The molecular weight excluding hydrogens is 650 g/mol. The number of amides is 2. The Labute approximate surface area is 271 Å². The molecular formula is C30H42BrN7O5S. The van der Waals surface area contributed by atoms with E-state index < -0.39 is 23.4 Å². The lowest BCUT2D eigenvalue weighted by Crippen LogP contribution is -2.54. The Kier molecular flexibility index (Phi) is 9.31. The number of likely N-dealkylation sites (tertiary alicyclic amines) is 1. The van der Waals surface area contributed by atoms with Gasteiger partial charge in [0, 0.05) is 29.0 Å². The Morgan fingerprint density at radius 3 is 2.73 bits per heavy atom. The number of carbonyl (C=O) groups is 2. The highest BCUT2D eigenvalue weighted by Gasteiger charge is 2.46. The van der Waals surface area contributed by atoms with Crippen LogP contribution in [-0.4, -0.2) is 77.0 Å². The molecule has 0 bridgehead atoms. The van der Waals surface area contributed by atoms with E-state index in [0.717, 1.165) is 33.8 Å². The topological polar surface area (TPSA) is 143 Å². The second-order valence-corrected chi connectivity index (χ2v) is 14.8. The smallest absolute Gasteiger partial charge is 0.408 e. The third-order valence-corrected chi connectivity index (χ3v) is 10.00. The number of amidine groups is 1. The van der Waals surface area contributed by atoms with Crippen molar-refractivity contribution < 1.29 is 23.8 Å². The predicted octanol–water partition coefficient (Wildman–Crippen LogP) is 4.60. The van der Waals surface area contributed by atoms with Crippen LogP contribution in [0, 0.1) is 11.8 Å². The van der Waals surface area contributed by atoms with E-state index in [1.165, 1.54) is 11.8 Å². The molecule has 44 heavy (non-hydrogen) atoms. The van der Waals surface area contributed by atoms with E-state index in [9.17, 15) is 9.59 Å². The molecule has 5 rings (SSSR count). The fourth-order valence-corrected chi connectivity index (χ4v) is 7.34. The molecule has 1 aromatic rings. The highest BCUT2D eigenvalue weighted by Crippen LogP contribution is 2.45. The van der Waals surface area contributed by atoms with Gasteiger partial charge in [0.1, 0.15) is 23.2 Å². The number of nitrogens with one attached hydrogen (secondary N) is 2. The molecule has 0 aromatic heterocycles. The Morgan fingerprint density at radius 2 is 2.02 bits per heavy atom. The number of hydrogen-bond donors (Lipinski definition) is 3. The van der Waals surface area contributed by atoms with E-state index in [1.54, 1.807) is 27.1 Å². The first-order chi connectivity index (χ1) is 20.7. The number of alkyl carbamates (subject to hydrolysis) is 1. The van der Waals surface area contributed by atoms with Crippen LogP contribution in [0.2, 0.25) is 0 Å². The number of halogens is 1. The lowest BCUT2D eigenvalue weighted by Gasteiger charge is -2.39. The Hall–Kier alpha value is -3.13. The van der Waals surface area contributed by atoms with Gasteiger partial charge in [0.05, 0.1) is 6.34 Å². The molecule has 4 N–H and O–H groups in total. The van der Waals surface area contributed by atoms with Crippen molar-refractivity contribution in [1.29, 1.82) is 0 Å². The maximum atomic E-state index is 13.6. The van der Waals surface area contributed by atoms with E-state index in [2.05, 4.69) is 31.5 Å². The first-order valence-corrected chi connectivity index (χ1v) is 16.6. The fraction of sp³-hybridized carbons (Fsp3) is 0.600. The number of hydrogen-bond acceptors (Lipinski definition) is 11. The minimum atomic E-state index is -0.759. The molecule has 1 aromatic carbocycles. The van der Waals surface area contributed by atoms with Crippen molar-refractivity contribution in [3.8, 4) is 11.5 Å². The molecule has 4 aliphatic rings. The van der Waals surface area contributed by atoms with Crippen molar-refractivity contribution >= 4 is 51.2 Å². The van der Waals surface area contributed by atoms with E-state index in [4.69, 9.17) is 29.9 Å². The number of fused-ring (bicyclic) bond motifs is 2. The SMILES string of the molecule is CC(C)[C@H](NC(=O)OC(C)(C)C)C(=O)N1CCCC(CCN2C(Sc3cc4c(cc3Br)OCO4)=NC3=C(N)NC=NC32C)C1. The minimum absolute atomic E-state index is 0.0740. The molecule has 1 saturated heterocycles. The van der Waals surface area contributed by atoms with Crippen LogP contribution in [0.5, 0.6) is 11.5 Å². The van der Waals surface area contributed by atoms with E-state index in [1.807, 2.05) is 37.8 Å². The second-order valence-electron chi connectivity index (χ2n) is 12.9. The molecule has 12 nitrogen and oxygen atoms in total. The average Bonchev–Trinajstić information content (AvgIpc) is 3.51. The third kappa shape index (κ3) is 6.90. The lowest BCUT2D eigenvalue weighted by atomic mass is 9.92. The van der Waals surface area contributed by atoms with Gasteiger partial charge in [0.25, 0.3) is 0 Å². The van der Waals surface area contributed by atoms with Gasteiger partial charge < -0.3 is 40.4 Å². The summed E-state index contributed by atoms with van der Waals surface area (Å²) < 4.78 is 17.4. The zero-order valence-corrected chi connectivity index (χ0v) is 28.5. The Balaban J connectivity index is 1.29. The molecule has 14 heteroatoms. The molecule has 0 aliphatic carbocycles. The van der Waals surface area contributed by atoms with E-state index in [0.29, 0.717) is 42.7 Å². The number of piperidine rings is 1. The fourth-order valence-electron chi connectivity index (χ4n) is 5.74. The van der Waals surface area contributed by atoms with Crippen LogP contribution in [-0.2, 0) is 9.53 Å². The number of rotatable bonds is 7. The molecule has 2 unspecified atom stereocenters. The van der Waals surface area contributed by atoms with Gasteiger partial charge in [-0.2, -0.15) is 0 Å². The lowest BCUT2D eigenvalue weighted by molar-refractivity contribution is -0.136. The summed E-state index contributed by atoms with van der Waals surface area (Å²) in [6, 6.07) is 3.20. The number of aliphatic imine (C=N–C) groups is 2. The summed E-state index contributed by atoms with van der Waals surface area (Å²) in [6.07, 6.45) is 3.76. The summed E-state index contributed by atoms with van der Waals surface area (Å²) in [5, 5.41) is 6.58. The molecule has 2 amide bonds. The molecule has 240 valence electrons. The van der Waals surface area contributed by atoms with Gasteiger partial charge in [0.2, 0.25) is 12.7 Å². The van der Waals surface area contributed by atoms with Crippen LogP contribution in [0.15, 0.2) is 43.0 Å². The van der Waals surface area contributed by atoms with Gasteiger partial charge in [-0.1, -0.05) is 25.6 Å². The monoisotopic (exact) mass is 691 g/mol. The average molecular weight is 693 g/mol. The normalized spacial score (nSPS) is 23.4. The quantitative estimate of drug-likeness (QED) is 0.374. The van der Waals surface area contributed by atoms with E-state index in [-0.39, 0.29) is 24.5 Å². The maximum Gasteiger partial charge on any atom is 0.408 e. The zero-order chi connectivity index (χ0) is 31.8.